The number of rotatable bonds is 1. The van der Waals surface area contributed by atoms with E-state index in [-0.39, 0.29) is 11.6 Å². The van der Waals surface area contributed by atoms with Crippen molar-refractivity contribution in [1.82, 2.24) is 0 Å². The highest BCUT2D eigenvalue weighted by atomic mass is 16.5. The van der Waals surface area contributed by atoms with E-state index in [0.717, 1.165) is 11.3 Å². The first-order valence-corrected chi connectivity index (χ1v) is 5.67. The third-order valence-corrected chi connectivity index (χ3v) is 2.93. The second kappa shape index (κ2) is 3.63. The molecule has 2 heteroatoms. The minimum absolute atomic E-state index is 0.0636. The SMILES string of the molecule is Cc1cc2c(cc1C(C)N)C=CC(C)(C)O2. The Kier molecular flexibility index (Phi) is 2.55. The fourth-order valence-corrected chi connectivity index (χ4v) is 2.03. The van der Waals surface area contributed by atoms with E-state index in [1.165, 1.54) is 11.1 Å². The fraction of sp³-hybridized carbons (Fsp3) is 0.429. The van der Waals surface area contributed by atoms with Crippen LogP contribution in [-0.4, -0.2) is 5.60 Å². The fourth-order valence-electron chi connectivity index (χ4n) is 2.03. The summed E-state index contributed by atoms with van der Waals surface area (Å²) in [5.74, 6) is 0.953. The van der Waals surface area contributed by atoms with E-state index in [1.807, 2.05) is 6.92 Å². The van der Waals surface area contributed by atoms with Crippen LogP contribution >= 0.6 is 0 Å². The van der Waals surface area contributed by atoms with Crippen molar-refractivity contribution in [2.75, 3.05) is 0 Å². The lowest BCUT2D eigenvalue weighted by Gasteiger charge is -2.29. The second-order valence-corrected chi connectivity index (χ2v) is 5.07. The molecule has 16 heavy (non-hydrogen) atoms. The maximum Gasteiger partial charge on any atom is 0.128 e. The first kappa shape index (κ1) is 11.2. The normalized spacial score (nSPS) is 18.8. The van der Waals surface area contributed by atoms with Crippen molar-refractivity contribution in [3.63, 3.8) is 0 Å². The van der Waals surface area contributed by atoms with Gasteiger partial charge in [-0.25, -0.2) is 0 Å². The lowest BCUT2D eigenvalue weighted by atomic mass is 9.95. The van der Waals surface area contributed by atoms with Crippen LogP contribution in [0.3, 0.4) is 0 Å². The van der Waals surface area contributed by atoms with Crippen LogP contribution in [0.5, 0.6) is 5.75 Å². The van der Waals surface area contributed by atoms with Gasteiger partial charge in [0.1, 0.15) is 11.4 Å². The van der Waals surface area contributed by atoms with E-state index in [9.17, 15) is 0 Å². The molecule has 1 aromatic carbocycles. The van der Waals surface area contributed by atoms with Gasteiger partial charge in [-0.15, -0.1) is 0 Å². The zero-order chi connectivity index (χ0) is 11.9. The molecule has 0 spiro atoms. The number of aryl methyl sites for hydroxylation is 1. The van der Waals surface area contributed by atoms with Crippen molar-refractivity contribution in [3.8, 4) is 5.75 Å². The largest absolute Gasteiger partial charge is 0.483 e. The Labute approximate surface area is 97.1 Å². The maximum absolute atomic E-state index is 5.94. The van der Waals surface area contributed by atoms with Gasteiger partial charge in [-0.1, -0.05) is 6.08 Å². The van der Waals surface area contributed by atoms with E-state index in [4.69, 9.17) is 10.5 Å². The molecule has 1 unspecified atom stereocenters. The first-order chi connectivity index (χ1) is 7.39. The van der Waals surface area contributed by atoms with Gasteiger partial charge in [0.2, 0.25) is 0 Å². The summed E-state index contributed by atoms with van der Waals surface area (Å²) >= 11 is 0. The molecule has 1 aromatic rings. The summed E-state index contributed by atoms with van der Waals surface area (Å²) < 4.78 is 5.91. The Balaban J connectivity index is 2.50. The Morgan fingerprint density at radius 1 is 1.31 bits per heavy atom. The third kappa shape index (κ3) is 1.98. The summed E-state index contributed by atoms with van der Waals surface area (Å²) in [7, 11) is 0. The minimum Gasteiger partial charge on any atom is -0.483 e. The average molecular weight is 217 g/mol. The molecule has 1 heterocycles. The summed E-state index contributed by atoms with van der Waals surface area (Å²) in [5, 5.41) is 0. The number of fused-ring (bicyclic) bond motifs is 1. The van der Waals surface area contributed by atoms with Crippen molar-refractivity contribution in [2.24, 2.45) is 5.73 Å². The van der Waals surface area contributed by atoms with E-state index >= 15 is 0 Å². The predicted molar refractivity (Wildman–Crippen MR) is 67.5 cm³/mol. The molecule has 2 rings (SSSR count). The van der Waals surface area contributed by atoms with Gasteiger partial charge in [-0.2, -0.15) is 0 Å². The molecule has 0 radical (unpaired) electrons. The van der Waals surface area contributed by atoms with Gasteiger partial charge in [0.25, 0.3) is 0 Å². The lowest BCUT2D eigenvalue weighted by Crippen LogP contribution is -2.27. The zero-order valence-electron chi connectivity index (χ0n) is 10.4. The number of hydrogen-bond acceptors (Lipinski definition) is 2. The molecule has 1 aliphatic rings. The highest BCUT2D eigenvalue weighted by Crippen LogP contribution is 2.34. The lowest BCUT2D eigenvalue weighted by molar-refractivity contribution is 0.159. The molecule has 0 fully saturated rings. The molecule has 2 N–H and O–H groups in total. The van der Waals surface area contributed by atoms with Crippen molar-refractivity contribution >= 4 is 6.08 Å². The highest BCUT2D eigenvalue weighted by molar-refractivity contribution is 5.63. The highest BCUT2D eigenvalue weighted by Gasteiger charge is 2.22. The summed E-state index contributed by atoms with van der Waals surface area (Å²) in [6.07, 6.45) is 4.19. The minimum atomic E-state index is -0.213. The first-order valence-electron chi connectivity index (χ1n) is 5.67. The number of hydrogen-bond donors (Lipinski definition) is 1. The monoisotopic (exact) mass is 217 g/mol. The van der Waals surface area contributed by atoms with Gasteiger partial charge in [-0.05, 0) is 57.0 Å². The predicted octanol–water partition coefficient (Wildman–Crippen LogP) is 3.20. The van der Waals surface area contributed by atoms with Gasteiger partial charge in [0.15, 0.2) is 0 Å². The summed E-state index contributed by atoms with van der Waals surface area (Å²) in [5.41, 5.74) is 9.23. The van der Waals surface area contributed by atoms with Crippen LogP contribution in [0.4, 0.5) is 0 Å². The standard InChI is InChI=1S/C14H19NO/c1-9-7-13-11(8-12(9)10(2)15)5-6-14(3,4)16-13/h5-8,10H,15H2,1-4H3. The van der Waals surface area contributed by atoms with Gasteiger partial charge >= 0.3 is 0 Å². The van der Waals surface area contributed by atoms with E-state index in [2.05, 4.69) is 45.1 Å². The quantitative estimate of drug-likeness (QED) is 0.784. The molecule has 0 amide bonds. The summed E-state index contributed by atoms with van der Waals surface area (Å²) in [6, 6.07) is 4.27. The number of ether oxygens (including phenoxy) is 1. The van der Waals surface area contributed by atoms with Crippen LogP contribution in [0.1, 0.15) is 43.5 Å². The van der Waals surface area contributed by atoms with Gasteiger partial charge < -0.3 is 10.5 Å². The molecule has 86 valence electrons. The van der Waals surface area contributed by atoms with Crippen molar-refractivity contribution in [2.45, 2.75) is 39.3 Å². The Bertz CT molecular complexity index is 444. The van der Waals surface area contributed by atoms with E-state index in [1.54, 1.807) is 0 Å². The van der Waals surface area contributed by atoms with Crippen LogP contribution < -0.4 is 10.5 Å². The van der Waals surface area contributed by atoms with Gasteiger partial charge in [0, 0.05) is 11.6 Å². The van der Waals surface area contributed by atoms with Gasteiger partial charge in [0.05, 0.1) is 0 Å². The number of nitrogens with two attached hydrogens (primary N) is 1. The van der Waals surface area contributed by atoms with Crippen molar-refractivity contribution < 1.29 is 4.74 Å². The Morgan fingerprint density at radius 2 is 2.00 bits per heavy atom. The second-order valence-electron chi connectivity index (χ2n) is 5.07. The number of benzene rings is 1. The van der Waals surface area contributed by atoms with Crippen molar-refractivity contribution in [1.29, 1.82) is 0 Å². The van der Waals surface area contributed by atoms with E-state index < -0.39 is 0 Å². The Hall–Kier alpha value is -1.28. The van der Waals surface area contributed by atoms with Crippen LogP contribution in [0.25, 0.3) is 6.08 Å². The topological polar surface area (TPSA) is 35.2 Å². The Morgan fingerprint density at radius 3 is 2.62 bits per heavy atom. The summed E-state index contributed by atoms with van der Waals surface area (Å²) in [4.78, 5) is 0. The third-order valence-electron chi connectivity index (χ3n) is 2.93. The van der Waals surface area contributed by atoms with Crippen LogP contribution in [0, 0.1) is 6.92 Å². The molecule has 2 nitrogen and oxygen atoms in total. The molecule has 0 aliphatic carbocycles. The molecular weight excluding hydrogens is 198 g/mol. The van der Waals surface area contributed by atoms with Crippen LogP contribution in [-0.2, 0) is 0 Å². The zero-order valence-corrected chi connectivity index (χ0v) is 10.4. The smallest absolute Gasteiger partial charge is 0.128 e. The molecule has 1 atom stereocenters. The molecule has 0 saturated carbocycles. The molecule has 1 aliphatic heterocycles. The van der Waals surface area contributed by atoms with Crippen LogP contribution in [0.2, 0.25) is 0 Å². The van der Waals surface area contributed by atoms with E-state index in [0.29, 0.717) is 0 Å². The average Bonchev–Trinajstić information content (AvgIpc) is 2.14. The summed E-state index contributed by atoms with van der Waals surface area (Å²) in [6.45, 7) is 8.20. The van der Waals surface area contributed by atoms with Crippen LogP contribution in [0.15, 0.2) is 18.2 Å². The molecule has 0 bridgehead atoms. The van der Waals surface area contributed by atoms with Gasteiger partial charge in [-0.3, -0.25) is 0 Å². The maximum atomic E-state index is 5.94. The molecular formula is C14H19NO. The van der Waals surface area contributed by atoms with Crippen molar-refractivity contribution in [3.05, 3.63) is 34.9 Å². The molecule has 0 saturated heterocycles. The molecule has 0 aromatic heterocycles.